The quantitative estimate of drug-likeness (QED) is 0.727. The maximum atomic E-state index is 5.79. The van der Waals surface area contributed by atoms with E-state index in [0.29, 0.717) is 30.4 Å². The summed E-state index contributed by atoms with van der Waals surface area (Å²) in [4.78, 5) is 0. The Morgan fingerprint density at radius 3 is 2.73 bits per heavy atom. The Morgan fingerprint density at radius 1 is 1.40 bits per heavy atom. The molecule has 1 heterocycles. The Kier molecular flexibility index (Phi) is 4.37. The van der Waals surface area contributed by atoms with Gasteiger partial charge in [-0.2, -0.15) is 0 Å². The maximum Gasteiger partial charge on any atom is 0.193 e. The lowest BCUT2D eigenvalue weighted by atomic mass is 10.3. The van der Waals surface area contributed by atoms with Gasteiger partial charge < -0.3 is 9.47 Å². The maximum absolute atomic E-state index is 5.79. The van der Waals surface area contributed by atoms with Crippen molar-refractivity contribution in [1.82, 2.24) is 10.2 Å². The predicted octanol–water partition coefficient (Wildman–Crippen LogP) is 2.54. The lowest BCUT2D eigenvalue weighted by molar-refractivity contribution is 0.296. The second-order valence-electron chi connectivity index (χ2n) is 2.67. The monoisotopic (exact) mass is 228 g/mol. The normalized spacial score (nSPS) is 9.80. The minimum absolute atomic E-state index is 0.241. The fourth-order valence-corrected chi connectivity index (χ4v) is 1.15. The van der Waals surface area contributed by atoms with Crippen molar-refractivity contribution in [2.75, 3.05) is 13.2 Å². The van der Waals surface area contributed by atoms with E-state index in [0.717, 1.165) is 0 Å². The topological polar surface area (TPSA) is 44.2 Å². The molecule has 5 heteroatoms. The van der Waals surface area contributed by atoms with Crippen molar-refractivity contribution >= 4 is 17.4 Å². The third-order valence-corrected chi connectivity index (χ3v) is 1.88. The van der Waals surface area contributed by atoms with Crippen molar-refractivity contribution < 1.29 is 9.47 Å². The van der Waals surface area contributed by atoms with Gasteiger partial charge in [0.2, 0.25) is 0 Å². The Hall–Kier alpha value is -1.29. The molecule has 4 nitrogen and oxygen atoms in total. The first-order valence-electron chi connectivity index (χ1n) is 4.67. The molecule has 0 atom stereocenters. The molecule has 15 heavy (non-hydrogen) atoms. The zero-order chi connectivity index (χ0) is 11.3. The molecule has 0 saturated heterocycles. The van der Waals surface area contributed by atoms with E-state index in [1.807, 2.05) is 13.8 Å². The zero-order valence-electron chi connectivity index (χ0n) is 8.79. The molecule has 0 fully saturated rings. The van der Waals surface area contributed by atoms with Crippen LogP contribution in [0.3, 0.4) is 0 Å². The van der Waals surface area contributed by atoms with Crippen LogP contribution >= 0.6 is 11.6 Å². The molecule has 1 aromatic heterocycles. The van der Waals surface area contributed by atoms with Crippen LogP contribution in [0.4, 0.5) is 0 Å². The van der Waals surface area contributed by atoms with Crippen molar-refractivity contribution in [3.05, 3.63) is 23.5 Å². The number of ether oxygens (including phenoxy) is 2. The van der Waals surface area contributed by atoms with Crippen LogP contribution in [0.1, 0.15) is 19.5 Å². The van der Waals surface area contributed by atoms with E-state index >= 15 is 0 Å². The summed E-state index contributed by atoms with van der Waals surface area (Å²) < 4.78 is 10.5. The number of halogens is 1. The van der Waals surface area contributed by atoms with Crippen LogP contribution in [0.15, 0.2) is 12.6 Å². The lowest BCUT2D eigenvalue weighted by Gasteiger charge is -2.08. The molecule has 0 saturated carbocycles. The number of hydrogen-bond donors (Lipinski definition) is 0. The van der Waals surface area contributed by atoms with E-state index in [1.54, 1.807) is 6.07 Å². The fraction of sp³-hybridized carbons (Fsp3) is 0.400. The van der Waals surface area contributed by atoms with Gasteiger partial charge in [0, 0.05) is 6.07 Å². The minimum Gasteiger partial charge on any atom is -0.492 e. The van der Waals surface area contributed by atoms with Crippen LogP contribution in [0.2, 0.25) is 5.15 Å². The van der Waals surface area contributed by atoms with Gasteiger partial charge in [0.15, 0.2) is 10.9 Å². The van der Waals surface area contributed by atoms with Crippen LogP contribution in [-0.2, 0) is 4.74 Å². The van der Waals surface area contributed by atoms with Crippen molar-refractivity contribution in [1.29, 1.82) is 0 Å². The molecule has 0 N–H and O–H groups in total. The molecule has 0 aromatic carbocycles. The summed E-state index contributed by atoms with van der Waals surface area (Å²) in [6.07, 6.45) is 0. The van der Waals surface area contributed by atoms with E-state index in [4.69, 9.17) is 21.1 Å². The summed E-state index contributed by atoms with van der Waals surface area (Å²) in [5.74, 6) is 0.952. The third kappa shape index (κ3) is 3.09. The highest BCUT2D eigenvalue weighted by Gasteiger charge is 2.08. The Labute approximate surface area is 93.9 Å². The van der Waals surface area contributed by atoms with Gasteiger partial charge in [-0.05, 0) is 13.8 Å². The first-order chi connectivity index (χ1) is 7.19. The smallest absolute Gasteiger partial charge is 0.193 e. The summed E-state index contributed by atoms with van der Waals surface area (Å²) in [5.41, 5.74) is 0.532. The van der Waals surface area contributed by atoms with Gasteiger partial charge in [0.25, 0.3) is 0 Å². The molecule has 0 radical (unpaired) electrons. The number of nitrogens with zero attached hydrogens (tertiary/aromatic N) is 2. The predicted molar refractivity (Wildman–Crippen MR) is 58.9 cm³/mol. The van der Waals surface area contributed by atoms with E-state index in [-0.39, 0.29) is 5.15 Å². The number of rotatable bonds is 5. The zero-order valence-corrected chi connectivity index (χ0v) is 9.54. The highest BCUT2D eigenvalue weighted by Crippen LogP contribution is 2.24. The van der Waals surface area contributed by atoms with Gasteiger partial charge in [-0.25, -0.2) is 0 Å². The van der Waals surface area contributed by atoms with Crippen LogP contribution in [-0.4, -0.2) is 23.4 Å². The highest BCUT2D eigenvalue weighted by atomic mass is 35.5. The first-order valence-corrected chi connectivity index (χ1v) is 5.04. The van der Waals surface area contributed by atoms with Gasteiger partial charge >= 0.3 is 0 Å². The van der Waals surface area contributed by atoms with Crippen molar-refractivity contribution in [3.8, 4) is 5.75 Å². The summed E-state index contributed by atoms with van der Waals surface area (Å²) in [6.45, 7) is 8.52. The number of aromatic nitrogens is 2. The minimum atomic E-state index is 0.241. The second kappa shape index (κ2) is 5.56. The molecule has 0 spiro atoms. The van der Waals surface area contributed by atoms with Crippen LogP contribution < -0.4 is 4.74 Å². The van der Waals surface area contributed by atoms with Gasteiger partial charge in [-0.1, -0.05) is 18.2 Å². The molecule has 0 unspecified atom stereocenters. The lowest BCUT2D eigenvalue weighted by Crippen LogP contribution is -2.00. The van der Waals surface area contributed by atoms with E-state index in [1.165, 1.54) is 0 Å². The summed E-state index contributed by atoms with van der Waals surface area (Å²) >= 11 is 5.79. The third-order valence-electron chi connectivity index (χ3n) is 1.62. The molecule has 0 aliphatic rings. The molecule has 82 valence electrons. The molecular formula is C10H13ClN2O2. The number of hydrogen-bond acceptors (Lipinski definition) is 4. The van der Waals surface area contributed by atoms with Gasteiger partial charge in [-0.15, -0.1) is 10.2 Å². The van der Waals surface area contributed by atoms with Crippen molar-refractivity contribution in [2.45, 2.75) is 13.8 Å². The van der Waals surface area contributed by atoms with E-state index in [9.17, 15) is 0 Å². The summed E-state index contributed by atoms with van der Waals surface area (Å²) in [7, 11) is 0. The molecule has 0 bridgehead atoms. The van der Waals surface area contributed by atoms with Crippen molar-refractivity contribution in [2.24, 2.45) is 0 Å². The Bertz CT molecular complexity index is 355. The molecule has 0 aliphatic carbocycles. The first kappa shape index (κ1) is 11.8. The Morgan fingerprint density at radius 2 is 2.13 bits per heavy atom. The second-order valence-corrected chi connectivity index (χ2v) is 3.03. The molecule has 1 aromatic rings. The average Bonchev–Trinajstić information content (AvgIpc) is 2.22. The molecular weight excluding hydrogens is 216 g/mol. The fourth-order valence-electron chi connectivity index (χ4n) is 1.00. The van der Waals surface area contributed by atoms with Crippen molar-refractivity contribution in [3.63, 3.8) is 0 Å². The van der Waals surface area contributed by atoms with Crippen LogP contribution in [0, 0.1) is 0 Å². The molecule has 0 aliphatic heterocycles. The molecule has 1 rings (SSSR count). The summed E-state index contributed by atoms with van der Waals surface area (Å²) in [5, 5.41) is 7.84. The standard InChI is InChI=1S/C10H13ClN2O2/c1-4-14-7(3)8-6-9(15-5-2)10(11)13-12-8/h6H,3-5H2,1-2H3. The van der Waals surface area contributed by atoms with Crippen LogP contribution in [0.25, 0.3) is 5.76 Å². The Balaban J connectivity index is 2.91. The SMILES string of the molecule is C=C(OCC)c1cc(OCC)c(Cl)nn1. The van der Waals surface area contributed by atoms with Gasteiger partial charge in [0.1, 0.15) is 11.5 Å². The average molecular weight is 229 g/mol. The van der Waals surface area contributed by atoms with E-state index in [2.05, 4.69) is 16.8 Å². The largest absolute Gasteiger partial charge is 0.492 e. The van der Waals surface area contributed by atoms with Crippen LogP contribution in [0.5, 0.6) is 5.75 Å². The van der Waals surface area contributed by atoms with Gasteiger partial charge in [0.05, 0.1) is 13.2 Å². The highest BCUT2D eigenvalue weighted by molar-refractivity contribution is 6.30. The van der Waals surface area contributed by atoms with E-state index < -0.39 is 0 Å². The molecule has 0 amide bonds. The summed E-state index contributed by atoms with van der Waals surface area (Å²) in [6, 6.07) is 1.66. The van der Waals surface area contributed by atoms with Gasteiger partial charge in [-0.3, -0.25) is 0 Å².